The molecule has 110 valence electrons. The van der Waals surface area contributed by atoms with Gasteiger partial charge in [0.1, 0.15) is 11.8 Å². The fourth-order valence-corrected chi connectivity index (χ4v) is 2.03. The minimum atomic E-state index is -1.02. The van der Waals surface area contributed by atoms with Gasteiger partial charge in [-0.15, -0.1) is 0 Å². The number of benzene rings is 1. The summed E-state index contributed by atoms with van der Waals surface area (Å²) < 4.78 is 5.41. The van der Waals surface area contributed by atoms with Crippen molar-refractivity contribution in [3.05, 3.63) is 28.8 Å². The number of hydrogen-bond acceptors (Lipinski definition) is 3. The molecule has 1 atom stereocenters. The number of rotatable bonds is 6. The second-order valence-corrected chi connectivity index (χ2v) is 4.90. The Morgan fingerprint density at radius 3 is 2.60 bits per heavy atom. The van der Waals surface area contributed by atoms with Crippen molar-refractivity contribution in [2.24, 2.45) is 0 Å². The molecule has 1 aromatic rings. The Morgan fingerprint density at radius 1 is 1.45 bits per heavy atom. The van der Waals surface area contributed by atoms with E-state index in [2.05, 4.69) is 0 Å². The van der Waals surface area contributed by atoms with Crippen LogP contribution in [0.15, 0.2) is 18.2 Å². The van der Waals surface area contributed by atoms with Gasteiger partial charge < -0.3 is 14.7 Å². The Hall–Kier alpha value is -1.75. The number of carboxylic acid groups (broad SMARTS) is 1. The van der Waals surface area contributed by atoms with Gasteiger partial charge in [0.25, 0.3) is 5.91 Å². The van der Waals surface area contributed by atoms with E-state index in [0.717, 1.165) is 5.56 Å². The highest BCUT2D eigenvalue weighted by Crippen LogP contribution is 2.21. The number of likely N-dealkylation sites (N-methyl/N-ethyl adjacent to an activating group) is 1. The molecule has 1 rings (SSSR count). The van der Waals surface area contributed by atoms with E-state index in [1.165, 1.54) is 11.9 Å². The molecule has 1 unspecified atom stereocenters. The maximum atomic E-state index is 11.9. The van der Waals surface area contributed by atoms with Crippen molar-refractivity contribution < 1.29 is 19.4 Å². The molecule has 0 fully saturated rings. The lowest BCUT2D eigenvalue weighted by atomic mass is 10.2. The largest absolute Gasteiger partial charge is 0.483 e. The van der Waals surface area contributed by atoms with Crippen LogP contribution in [0.4, 0.5) is 0 Å². The van der Waals surface area contributed by atoms with Crippen LogP contribution in [0.1, 0.15) is 18.9 Å². The minimum absolute atomic E-state index is 0.206. The van der Waals surface area contributed by atoms with Crippen molar-refractivity contribution in [3.63, 3.8) is 0 Å². The van der Waals surface area contributed by atoms with Gasteiger partial charge in [-0.25, -0.2) is 4.79 Å². The molecule has 0 aliphatic rings. The molecule has 0 radical (unpaired) electrons. The third-order valence-electron chi connectivity index (χ3n) is 3.02. The highest BCUT2D eigenvalue weighted by Gasteiger charge is 2.24. The number of carboxylic acids is 1. The maximum absolute atomic E-state index is 11.9. The summed E-state index contributed by atoms with van der Waals surface area (Å²) in [6, 6.07) is 4.25. The van der Waals surface area contributed by atoms with E-state index in [0.29, 0.717) is 17.2 Å². The third kappa shape index (κ3) is 4.13. The summed E-state index contributed by atoms with van der Waals surface area (Å²) in [5.74, 6) is -0.848. The fourth-order valence-electron chi connectivity index (χ4n) is 1.80. The van der Waals surface area contributed by atoms with Crippen LogP contribution in [-0.2, 0) is 9.59 Å². The molecule has 0 spiro atoms. The number of halogens is 1. The number of aryl methyl sites for hydroxylation is 1. The monoisotopic (exact) mass is 299 g/mol. The van der Waals surface area contributed by atoms with Crippen molar-refractivity contribution in [2.45, 2.75) is 26.3 Å². The molecule has 0 aliphatic heterocycles. The summed E-state index contributed by atoms with van der Waals surface area (Å²) in [5.41, 5.74) is 0.818. The van der Waals surface area contributed by atoms with Gasteiger partial charge in [-0.05, 0) is 37.1 Å². The van der Waals surface area contributed by atoms with Crippen molar-refractivity contribution in [1.29, 1.82) is 0 Å². The Labute approximate surface area is 123 Å². The zero-order chi connectivity index (χ0) is 15.3. The highest BCUT2D eigenvalue weighted by atomic mass is 35.5. The number of ether oxygens (including phenoxy) is 1. The van der Waals surface area contributed by atoms with E-state index in [4.69, 9.17) is 21.4 Å². The number of carbonyl (C=O) groups excluding carboxylic acids is 1. The van der Waals surface area contributed by atoms with Crippen LogP contribution in [0.5, 0.6) is 5.75 Å². The lowest BCUT2D eigenvalue weighted by molar-refractivity contribution is -0.149. The van der Waals surface area contributed by atoms with E-state index in [1.54, 1.807) is 25.1 Å². The Balaban J connectivity index is 2.65. The van der Waals surface area contributed by atoms with Gasteiger partial charge in [-0.1, -0.05) is 18.5 Å². The van der Waals surface area contributed by atoms with Crippen molar-refractivity contribution in [3.8, 4) is 5.75 Å². The molecule has 5 nitrogen and oxygen atoms in total. The summed E-state index contributed by atoms with van der Waals surface area (Å²) in [6.07, 6.45) is 0.345. The number of hydrogen-bond donors (Lipinski definition) is 1. The van der Waals surface area contributed by atoms with Crippen molar-refractivity contribution >= 4 is 23.5 Å². The van der Waals surface area contributed by atoms with Gasteiger partial charge >= 0.3 is 5.97 Å². The molecule has 0 aromatic heterocycles. The number of aliphatic carboxylic acids is 1. The van der Waals surface area contributed by atoms with Gasteiger partial charge in [0.05, 0.1) is 0 Å². The molecule has 1 aromatic carbocycles. The van der Waals surface area contributed by atoms with Gasteiger partial charge in [0.2, 0.25) is 0 Å². The Morgan fingerprint density at radius 2 is 2.10 bits per heavy atom. The topological polar surface area (TPSA) is 66.8 Å². The average molecular weight is 300 g/mol. The van der Waals surface area contributed by atoms with Crippen LogP contribution in [0.25, 0.3) is 0 Å². The van der Waals surface area contributed by atoms with E-state index < -0.39 is 12.0 Å². The summed E-state index contributed by atoms with van der Waals surface area (Å²) in [5, 5.41) is 9.60. The van der Waals surface area contributed by atoms with Gasteiger partial charge in [-0.2, -0.15) is 0 Å². The molecule has 20 heavy (non-hydrogen) atoms. The highest BCUT2D eigenvalue weighted by molar-refractivity contribution is 6.30. The minimum Gasteiger partial charge on any atom is -0.483 e. The molecule has 0 saturated carbocycles. The normalized spacial score (nSPS) is 11.8. The summed E-state index contributed by atoms with van der Waals surface area (Å²) in [4.78, 5) is 24.1. The van der Waals surface area contributed by atoms with Crippen molar-refractivity contribution in [2.75, 3.05) is 13.7 Å². The quantitative estimate of drug-likeness (QED) is 0.875. The molecule has 0 saturated heterocycles. The van der Waals surface area contributed by atoms with Gasteiger partial charge in [0.15, 0.2) is 6.61 Å². The second-order valence-electron chi connectivity index (χ2n) is 4.47. The van der Waals surface area contributed by atoms with Crippen LogP contribution in [-0.4, -0.2) is 41.6 Å². The first kappa shape index (κ1) is 16.3. The maximum Gasteiger partial charge on any atom is 0.326 e. The first-order chi connectivity index (χ1) is 9.36. The number of nitrogens with zero attached hydrogens (tertiary/aromatic N) is 1. The Bertz CT molecular complexity index is 504. The first-order valence-corrected chi connectivity index (χ1v) is 6.62. The molecule has 0 aliphatic carbocycles. The van der Waals surface area contributed by atoms with Gasteiger partial charge in [-0.3, -0.25) is 4.79 Å². The molecular formula is C14H18ClNO4. The predicted molar refractivity (Wildman–Crippen MR) is 76.2 cm³/mol. The van der Waals surface area contributed by atoms with E-state index in [-0.39, 0.29) is 12.5 Å². The van der Waals surface area contributed by atoms with Crippen LogP contribution in [0, 0.1) is 6.92 Å². The van der Waals surface area contributed by atoms with E-state index >= 15 is 0 Å². The second kappa shape index (κ2) is 7.14. The first-order valence-electron chi connectivity index (χ1n) is 6.24. The van der Waals surface area contributed by atoms with Gasteiger partial charge in [0, 0.05) is 12.1 Å². The molecular weight excluding hydrogens is 282 g/mol. The molecule has 0 bridgehead atoms. The van der Waals surface area contributed by atoms with Crippen LogP contribution < -0.4 is 4.74 Å². The standard InChI is InChI=1S/C14H18ClNO4/c1-4-11(14(18)19)16(3)13(17)8-20-12-6-5-10(15)7-9(12)2/h5-7,11H,4,8H2,1-3H3,(H,18,19). The van der Waals surface area contributed by atoms with Crippen LogP contribution in [0.3, 0.4) is 0 Å². The molecule has 1 amide bonds. The number of carbonyl (C=O) groups is 2. The zero-order valence-corrected chi connectivity index (χ0v) is 12.5. The smallest absolute Gasteiger partial charge is 0.326 e. The fraction of sp³-hybridized carbons (Fsp3) is 0.429. The zero-order valence-electron chi connectivity index (χ0n) is 11.7. The average Bonchev–Trinajstić information content (AvgIpc) is 2.37. The summed E-state index contributed by atoms with van der Waals surface area (Å²) in [7, 11) is 1.46. The van der Waals surface area contributed by atoms with Crippen LogP contribution in [0.2, 0.25) is 5.02 Å². The molecule has 6 heteroatoms. The summed E-state index contributed by atoms with van der Waals surface area (Å²) >= 11 is 5.83. The van der Waals surface area contributed by atoms with Crippen molar-refractivity contribution in [1.82, 2.24) is 4.90 Å². The van der Waals surface area contributed by atoms with E-state index in [1.807, 2.05) is 6.92 Å². The predicted octanol–water partition coefficient (Wildman–Crippen LogP) is 2.35. The number of amides is 1. The third-order valence-corrected chi connectivity index (χ3v) is 3.26. The lowest BCUT2D eigenvalue weighted by Gasteiger charge is -2.23. The molecule has 0 heterocycles. The Kier molecular flexibility index (Phi) is 5.82. The van der Waals surface area contributed by atoms with E-state index in [9.17, 15) is 9.59 Å². The van der Waals surface area contributed by atoms with Crippen LogP contribution >= 0.6 is 11.6 Å². The lowest BCUT2D eigenvalue weighted by Crippen LogP contribution is -2.44. The molecule has 1 N–H and O–H groups in total. The SMILES string of the molecule is CCC(C(=O)O)N(C)C(=O)COc1ccc(Cl)cc1C. The summed E-state index contributed by atoms with van der Waals surface area (Å²) in [6.45, 7) is 3.33.